The highest BCUT2D eigenvalue weighted by Crippen LogP contribution is 2.34. The molecule has 13 heavy (non-hydrogen) atoms. The largest absolute Gasteiger partial charge is 0.349 e. The fourth-order valence-electron chi connectivity index (χ4n) is 2.52. The average Bonchev–Trinajstić information content (AvgIpc) is 2.61. The van der Waals surface area contributed by atoms with Crippen LogP contribution in [0.15, 0.2) is 0 Å². The lowest BCUT2D eigenvalue weighted by Gasteiger charge is -2.29. The maximum atomic E-state index is 5.54. The molecule has 0 spiro atoms. The van der Waals surface area contributed by atoms with E-state index in [2.05, 4.69) is 6.92 Å². The minimum atomic E-state index is 0.426. The van der Waals surface area contributed by atoms with Gasteiger partial charge < -0.3 is 9.47 Å². The first kappa shape index (κ1) is 9.47. The summed E-state index contributed by atoms with van der Waals surface area (Å²) in [6.07, 6.45) is 8.76. The van der Waals surface area contributed by atoms with Crippen molar-refractivity contribution >= 4 is 0 Å². The summed E-state index contributed by atoms with van der Waals surface area (Å²) in [7, 11) is 0. The van der Waals surface area contributed by atoms with E-state index in [1.165, 1.54) is 38.5 Å². The van der Waals surface area contributed by atoms with Crippen LogP contribution in [0.2, 0.25) is 0 Å². The Kier molecular flexibility index (Phi) is 3.23. The summed E-state index contributed by atoms with van der Waals surface area (Å²) < 4.78 is 11.0. The zero-order valence-corrected chi connectivity index (χ0v) is 8.50. The van der Waals surface area contributed by atoms with Gasteiger partial charge >= 0.3 is 0 Å². The molecule has 3 atom stereocenters. The molecule has 2 fully saturated rings. The number of hydrogen-bond acceptors (Lipinski definition) is 2. The highest BCUT2D eigenvalue weighted by molar-refractivity contribution is 4.83. The van der Waals surface area contributed by atoms with Crippen LogP contribution in [0, 0.1) is 5.92 Å². The lowest BCUT2D eigenvalue weighted by Crippen LogP contribution is -2.31. The van der Waals surface area contributed by atoms with Crippen LogP contribution in [-0.4, -0.2) is 19.0 Å². The third-order valence-electron chi connectivity index (χ3n) is 3.37. The Morgan fingerprint density at radius 1 is 1.15 bits per heavy atom. The molecule has 0 bridgehead atoms. The van der Waals surface area contributed by atoms with Crippen LogP contribution in [0.25, 0.3) is 0 Å². The van der Waals surface area contributed by atoms with Gasteiger partial charge in [0, 0.05) is 0 Å². The average molecular weight is 184 g/mol. The molecule has 0 radical (unpaired) electrons. The number of rotatable bonds is 3. The Morgan fingerprint density at radius 2 is 2.00 bits per heavy atom. The zero-order chi connectivity index (χ0) is 9.10. The maximum Gasteiger partial charge on any atom is 0.147 e. The van der Waals surface area contributed by atoms with Crippen molar-refractivity contribution in [2.45, 2.75) is 57.7 Å². The van der Waals surface area contributed by atoms with E-state index >= 15 is 0 Å². The normalized spacial score (nSPS) is 39.0. The molecular formula is C11H20O2. The van der Waals surface area contributed by atoms with Gasteiger partial charge in [-0.1, -0.05) is 26.2 Å². The number of hydrogen-bond donors (Lipinski definition) is 0. The van der Waals surface area contributed by atoms with Gasteiger partial charge in [-0.25, -0.2) is 0 Å². The predicted molar refractivity (Wildman–Crippen MR) is 51.5 cm³/mol. The number of fused-ring (bicyclic) bond motifs is 1. The quantitative estimate of drug-likeness (QED) is 0.671. The van der Waals surface area contributed by atoms with Gasteiger partial charge in [-0.3, -0.25) is 0 Å². The molecule has 0 N–H and O–H groups in total. The van der Waals surface area contributed by atoms with E-state index < -0.39 is 0 Å². The van der Waals surface area contributed by atoms with E-state index in [9.17, 15) is 0 Å². The molecular weight excluding hydrogens is 164 g/mol. The molecule has 2 nitrogen and oxygen atoms in total. The first-order chi connectivity index (χ1) is 6.40. The van der Waals surface area contributed by atoms with E-state index in [1.54, 1.807) is 0 Å². The monoisotopic (exact) mass is 184 g/mol. The lowest BCUT2D eigenvalue weighted by molar-refractivity contribution is 0.0387. The van der Waals surface area contributed by atoms with Gasteiger partial charge in [-0.05, 0) is 25.2 Å². The van der Waals surface area contributed by atoms with Gasteiger partial charge in [0.2, 0.25) is 0 Å². The van der Waals surface area contributed by atoms with Gasteiger partial charge in [0.1, 0.15) is 6.79 Å². The fourth-order valence-corrected chi connectivity index (χ4v) is 2.52. The van der Waals surface area contributed by atoms with Crippen molar-refractivity contribution in [3.8, 4) is 0 Å². The van der Waals surface area contributed by atoms with Gasteiger partial charge in [0.15, 0.2) is 0 Å². The third-order valence-corrected chi connectivity index (χ3v) is 3.37. The SMILES string of the molecule is CCCCC1CCC2OCOC2C1. The van der Waals surface area contributed by atoms with Crippen molar-refractivity contribution in [3.05, 3.63) is 0 Å². The fraction of sp³-hybridized carbons (Fsp3) is 1.00. The molecule has 1 saturated carbocycles. The van der Waals surface area contributed by atoms with Crippen LogP contribution in [0.1, 0.15) is 45.4 Å². The summed E-state index contributed by atoms with van der Waals surface area (Å²) in [6, 6.07) is 0. The smallest absolute Gasteiger partial charge is 0.147 e. The van der Waals surface area contributed by atoms with Gasteiger partial charge in [-0.15, -0.1) is 0 Å². The van der Waals surface area contributed by atoms with Crippen LogP contribution < -0.4 is 0 Å². The Bertz CT molecular complexity index is 158. The van der Waals surface area contributed by atoms with Crippen LogP contribution in [-0.2, 0) is 9.47 Å². The third kappa shape index (κ3) is 2.23. The van der Waals surface area contributed by atoms with Gasteiger partial charge in [0.25, 0.3) is 0 Å². The Morgan fingerprint density at radius 3 is 2.85 bits per heavy atom. The van der Waals surface area contributed by atoms with Crippen molar-refractivity contribution in [1.82, 2.24) is 0 Å². The molecule has 0 aromatic carbocycles. The predicted octanol–water partition coefficient (Wildman–Crippen LogP) is 2.72. The summed E-state index contributed by atoms with van der Waals surface area (Å²) in [4.78, 5) is 0. The summed E-state index contributed by atoms with van der Waals surface area (Å²) in [5, 5.41) is 0. The topological polar surface area (TPSA) is 18.5 Å². The summed E-state index contributed by atoms with van der Waals surface area (Å²) >= 11 is 0. The Hall–Kier alpha value is -0.0800. The van der Waals surface area contributed by atoms with Gasteiger partial charge in [-0.2, -0.15) is 0 Å². The van der Waals surface area contributed by atoms with Crippen LogP contribution in [0.3, 0.4) is 0 Å². The molecule has 0 amide bonds. The molecule has 2 rings (SSSR count). The Labute approximate surface area is 80.6 Å². The number of ether oxygens (including phenoxy) is 2. The molecule has 1 aliphatic heterocycles. The summed E-state index contributed by atoms with van der Waals surface area (Å²) in [6.45, 7) is 2.80. The van der Waals surface area contributed by atoms with Crippen molar-refractivity contribution in [2.75, 3.05) is 6.79 Å². The molecule has 0 aromatic heterocycles. The van der Waals surface area contributed by atoms with Crippen molar-refractivity contribution in [1.29, 1.82) is 0 Å². The molecule has 1 aliphatic carbocycles. The first-order valence-electron chi connectivity index (χ1n) is 5.63. The first-order valence-corrected chi connectivity index (χ1v) is 5.63. The number of unbranched alkanes of at least 4 members (excludes halogenated alkanes) is 1. The molecule has 76 valence electrons. The maximum absolute atomic E-state index is 5.54. The van der Waals surface area contributed by atoms with Crippen molar-refractivity contribution < 1.29 is 9.47 Å². The van der Waals surface area contributed by atoms with Crippen LogP contribution in [0.5, 0.6) is 0 Å². The highest BCUT2D eigenvalue weighted by atomic mass is 16.7. The zero-order valence-electron chi connectivity index (χ0n) is 8.50. The second-order valence-corrected chi connectivity index (χ2v) is 4.35. The van der Waals surface area contributed by atoms with Crippen molar-refractivity contribution in [3.63, 3.8) is 0 Å². The molecule has 1 heterocycles. The molecule has 2 aliphatic rings. The molecule has 0 aromatic rings. The van der Waals surface area contributed by atoms with Crippen LogP contribution in [0.4, 0.5) is 0 Å². The van der Waals surface area contributed by atoms with E-state index in [0.717, 1.165) is 5.92 Å². The molecule has 1 saturated heterocycles. The Balaban J connectivity index is 1.76. The van der Waals surface area contributed by atoms with E-state index in [0.29, 0.717) is 19.0 Å². The summed E-state index contributed by atoms with van der Waals surface area (Å²) in [5.41, 5.74) is 0. The summed E-state index contributed by atoms with van der Waals surface area (Å²) in [5.74, 6) is 0.905. The molecule has 2 heteroatoms. The second kappa shape index (κ2) is 4.43. The minimum Gasteiger partial charge on any atom is -0.349 e. The van der Waals surface area contributed by atoms with E-state index in [4.69, 9.17) is 9.47 Å². The highest BCUT2D eigenvalue weighted by Gasteiger charge is 2.35. The minimum absolute atomic E-state index is 0.426. The van der Waals surface area contributed by atoms with Gasteiger partial charge in [0.05, 0.1) is 12.2 Å². The second-order valence-electron chi connectivity index (χ2n) is 4.35. The lowest BCUT2D eigenvalue weighted by atomic mass is 9.82. The van der Waals surface area contributed by atoms with Crippen LogP contribution >= 0.6 is 0 Å². The van der Waals surface area contributed by atoms with E-state index in [1.807, 2.05) is 0 Å². The van der Waals surface area contributed by atoms with E-state index in [-0.39, 0.29) is 0 Å². The molecule has 3 unspecified atom stereocenters. The standard InChI is InChI=1S/C11H20O2/c1-2-3-4-9-5-6-10-11(7-9)13-8-12-10/h9-11H,2-8H2,1H3. The van der Waals surface area contributed by atoms with Crippen molar-refractivity contribution in [2.24, 2.45) is 5.92 Å².